The van der Waals surface area contributed by atoms with Crippen molar-refractivity contribution in [2.45, 2.75) is 39.2 Å². The molecular formula is C14H23ClN4. The summed E-state index contributed by atoms with van der Waals surface area (Å²) in [5.41, 5.74) is 1.08. The first-order valence-electron chi connectivity index (χ1n) is 6.81. The second kappa shape index (κ2) is 9.62. The van der Waals surface area contributed by atoms with Gasteiger partial charge in [0.05, 0.1) is 0 Å². The molecule has 2 N–H and O–H groups in total. The molecule has 0 unspecified atom stereocenters. The third-order valence-corrected chi connectivity index (χ3v) is 3.02. The summed E-state index contributed by atoms with van der Waals surface area (Å²) in [5, 5.41) is 7.07. The summed E-state index contributed by atoms with van der Waals surface area (Å²) in [4.78, 5) is 8.23. The van der Waals surface area contributed by atoms with Crippen molar-refractivity contribution in [3.63, 3.8) is 0 Å². The summed E-state index contributed by atoms with van der Waals surface area (Å²) >= 11 is 5.74. The van der Waals surface area contributed by atoms with E-state index in [4.69, 9.17) is 11.6 Å². The highest BCUT2D eigenvalue weighted by Gasteiger charge is 1.98. The molecule has 1 aromatic heterocycles. The number of nitrogens with one attached hydrogen (secondary N) is 2. The van der Waals surface area contributed by atoms with Crippen LogP contribution in [0.4, 0.5) is 0 Å². The normalized spacial score (nSPS) is 11.4. The van der Waals surface area contributed by atoms with Gasteiger partial charge in [0.1, 0.15) is 5.15 Å². The van der Waals surface area contributed by atoms with Crippen molar-refractivity contribution in [3.8, 4) is 0 Å². The molecule has 0 bridgehead atoms. The van der Waals surface area contributed by atoms with Crippen LogP contribution in [0.3, 0.4) is 0 Å². The minimum absolute atomic E-state index is 0.516. The zero-order valence-electron chi connectivity index (χ0n) is 11.7. The Bertz CT molecular complexity index is 376. The van der Waals surface area contributed by atoms with E-state index >= 15 is 0 Å². The zero-order valence-corrected chi connectivity index (χ0v) is 12.5. The summed E-state index contributed by atoms with van der Waals surface area (Å²) in [7, 11) is 1.78. The molecule has 5 heteroatoms. The fraction of sp³-hybridized carbons (Fsp3) is 0.571. The number of nitrogens with zero attached hydrogens (tertiary/aromatic N) is 2. The Morgan fingerprint density at radius 2 is 2.11 bits per heavy atom. The van der Waals surface area contributed by atoms with Gasteiger partial charge in [-0.25, -0.2) is 4.98 Å². The summed E-state index contributed by atoms with van der Waals surface area (Å²) in [6, 6.07) is 3.75. The highest BCUT2D eigenvalue weighted by molar-refractivity contribution is 6.29. The zero-order chi connectivity index (χ0) is 13.9. The molecule has 0 aromatic carbocycles. The predicted molar refractivity (Wildman–Crippen MR) is 81.6 cm³/mol. The first-order valence-corrected chi connectivity index (χ1v) is 7.19. The lowest BCUT2D eigenvalue weighted by Crippen LogP contribution is -2.37. The largest absolute Gasteiger partial charge is 0.356 e. The van der Waals surface area contributed by atoms with Gasteiger partial charge in [-0.1, -0.05) is 43.9 Å². The molecule has 0 aliphatic carbocycles. The quantitative estimate of drug-likeness (QED) is 0.350. The molecule has 0 aliphatic rings. The number of rotatable bonds is 7. The number of aliphatic imine (C=N–C) groups is 1. The molecule has 0 aliphatic heterocycles. The standard InChI is InChI=1S/C14H23ClN4/c1-3-4-5-6-9-17-14(16-2)19-11-12-7-8-13(15)18-10-12/h7-8,10H,3-6,9,11H2,1-2H3,(H2,16,17,19). The first-order chi connectivity index (χ1) is 9.26. The Morgan fingerprint density at radius 1 is 1.26 bits per heavy atom. The van der Waals surface area contributed by atoms with Crippen LogP contribution in [0.2, 0.25) is 5.15 Å². The summed E-state index contributed by atoms with van der Waals surface area (Å²) in [6.45, 7) is 3.87. The number of hydrogen-bond acceptors (Lipinski definition) is 2. The van der Waals surface area contributed by atoms with Gasteiger partial charge in [-0.15, -0.1) is 0 Å². The van der Waals surface area contributed by atoms with Crippen LogP contribution >= 0.6 is 11.6 Å². The molecule has 1 aromatic rings. The van der Waals surface area contributed by atoms with Crippen LogP contribution in [0.1, 0.15) is 38.2 Å². The van der Waals surface area contributed by atoms with Gasteiger partial charge in [-0.2, -0.15) is 0 Å². The highest BCUT2D eigenvalue weighted by atomic mass is 35.5. The molecule has 0 fully saturated rings. The number of halogens is 1. The van der Waals surface area contributed by atoms with Crippen molar-refractivity contribution < 1.29 is 0 Å². The number of unbranched alkanes of at least 4 members (excludes halogenated alkanes) is 3. The van der Waals surface area contributed by atoms with Gasteiger partial charge in [0.25, 0.3) is 0 Å². The van der Waals surface area contributed by atoms with Crippen molar-refractivity contribution in [1.82, 2.24) is 15.6 Å². The van der Waals surface area contributed by atoms with E-state index in [1.807, 2.05) is 6.07 Å². The minimum atomic E-state index is 0.516. The van der Waals surface area contributed by atoms with Gasteiger partial charge >= 0.3 is 0 Å². The number of hydrogen-bond donors (Lipinski definition) is 2. The van der Waals surface area contributed by atoms with Crippen molar-refractivity contribution >= 4 is 17.6 Å². The first kappa shape index (κ1) is 15.8. The van der Waals surface area contributed by atoms with Crippen LogP contribution in [-0.4, -0.2) is 24.5 Å². The fourth-order valence-corrected chi connectivity index (χ4v) is 1.79. The number of pyridine rings is 1. The lowest BCUT2D eigenvalue weighted by molar-refractivity contribution is 0.647. The van der Waals surface area contributed by atoms with Gasteiger partial charge in [-0.3, -0.25) is 4.99 Å². The predicted octanol–water partition coefficient (Wildman–Crippen LogP) is 2.98. The van der Waals surface area contributed by atoms with Crippen LogP contribution in [0.15, 0.2) is 23.3 Å². The second-order valence-electron chi connectivity index (χ2n) is 4.40. The molecule has 4 nitrogen and oxygen atoms in total. The maximum Gasteiger partial charge on any atom is 0.191 e. The van der Waals surface area contributed by atoms with Gasteiger partial charge in [-0.05, 0) is 18.1 Å². The minimum Gasteiger partial charge on any atom is -0.356 e. The van der Waals surface area contributed by atoms with Crippen molar-refractivity contribution in [1.29, 1.82) is 0 Å². The molecule has 0 saturated heterocycles. The fourth-order valence-electron chi connectivity index (χ4n) is 1.68. The Balaban J connectivity index is 2.23. The molecule has 0 radical (unpaired) electrons. The van der Waals surface area contributed by atoms with E-state index in [0.717, 1.165) is 18.1 Å². The molecule has 0 saturated carbocycles. The van der Waals surface area contributed by atoms with Gasteiger partial charge in [0.2, 0.25) is 0 Å². The molecule has 0 atom stereocenters. The monoisotopic (exact) mass is 282 g/mol. The number of guanidine groups is 1. The van der Waals surface area contributed by atoms with Gasteiger partial charge in [0, 0.05) is 26.3 Å². The lowest BCUT2D eigenvalue weighted by Gasteiger charge is -2.11. The molecular weight excluding hydrogens is 260 g/mol. The Morgan fingerprint density at radius 3 is 2.74 bits per heavy atom. The molecule has 0 spiro atoms. The van der Waals surface area contributed by atoms with Crippen molar-refractivity contribution in [3.05, 3.63) is 29.0 Å². The van der Waals surface area contributed by atoms with Crippen molar-refractivity contribution in [2.24, 2.45) is 4.99 Å². The van der Waals surface area contributed by atoms with Crippen molar-refractivity contribution in [2.75, 3.05) is 13.6 Å². The average Bonchev–Trinajstić information content (AvgIpc) is 2.44. The third-order valence-electron chi connectivity index (χ3n) is 2.79. The van der Waals surface area contributed by atoms with E-state index in [1.165, 1.54) is 25.7 Å². The lowest BCUT2D eigenvalue weighted by atomic mass is 10.2. The van der Waals surface area contributed by atoms with Crippen LogP contribution in [0.25, 0.3) is 0 Å². The van der Waals surface area contributed by atoms with E-state index in [2.05, 4.69) is 27.5 Å². The maximum absolute atomic E-state index is 5.74. The SMILES string of the molecule is CCCCCCNC(=NC)NCc1ccc(Cl)nc1. The molecule has 1 rings (SSSR count). The van der Waals surface area contributed by atoms with E-state index in [0.29, 0.717) is 11.7 Å². The Kier molecular flexibility index (Phi) is 7.98. The van der Waals surface area contributed by atoms with E-state index in [1.54, 1.807) is 19.3 Å². The Labute approximate surface area is 120 Å². The van der Waals surface area contributed by atoms with Gasteiger partial charge in [0.15, 0.2) is 5.96 Å². The van der Waals surface area contributed by atoms with E-state index < -0.39 is 0 Å². The summed E-state index contributed by atoms with van der Waals surface area (Å²) in [5.74, 6) is 0.825. The maximum atomic E-state index is 5.74. The number of aromatic nitrogens is 1. The highest BCUT2D eigenvalue weighted by Crippen LogP contribution is 2.04. The average molecular weight is 283 g/mol. The van der Waals surface area contributed by atoms with Crippen LogP contribution in [0, 0.1) is 0 Å². The Hall–Kier alpha value is -1.29. The molecule has 106 valence electrons. The third kappa shape index (κ3) is 7.01. The molecule has 0 amide bonds. The second-order valence-corrected chi connectivity index (χ2v) is 4.79. The molecule has 19 heavy (non-hydrogen) atoms. The summed E-state index contributed by atoms with van der Waals surface area (Å²) < 4.78 is 0. The van der Waals surface area contributed by atoms with E-state index in [9.17, 15) is 0 Å². The smallest absolute Gasteiger partial charge is 0.191 e. The van der Waals surface area contributed by atoms with Crippen LogP contribution in [0.5, 0.6) is 0 Å². The summed E-state index contributed by atoms with van der Waals surface area (Å²) in [6.07, 6.45) is 6.77. The van der Waals surface area contributed by atoms with Crippen LogP contribution in [-0.2, 0) is 6.54 Å². The topological polar surface area (TPSA) is 49.3 Å². The van der Waals surface area contributed by atoms with Crippen LogP contribution < -0.4 is 10.6 Å². The molecule has 1 heterocycles. The van der Waals surface area contributed by atoms with E-state index in [-0.39, 0.29) is 0 Å². The van der Waals surface area contributed by atoms with Gasteiger partial charge < -0.3 is 10.6 Å².